The largest absolute Gasteiger partial charge is 0.369 e. The second-order valence-corrected chi connectivity index (χ2v) is 8.03. The zero-order valence-electron chi connectivity index (χ0n) is 15.4. The number of benzene rings is 2. The van der Waals surface area contributed by atoms with E-state index < -0.39 is 0 Å². The van der Waals surface area contributed by atoms with Gasteiger partial charge >= 0.3 is 0 Å². The molecule has 0 unspecified atom stereocenters. The Bertz CT molecular complexity index is 788. The van der Waals surface area contributed by atoms with Crippen molar-refractivity contribution >= 4 is 17.5 Å². The maximum absolute atomic E-state index is 12.7. The fourth-order valence-electron chi connectivity index (χ4n) is 4.21. The number of nitrogens with zero attached hydrogens (tertiary/aromatic N) is 2. The Morgan fingerprint density at radius 3 is 2.44 bits per heavy atom. The third-order valence-electron chi connectivity index (χ3n) is 5.74. The lowest BCUT2D eigenvalue weighted by atomic mass is 9.84. The molecule has 0 aliphatic carbocycles. The molecule has 0 N–H and O–H groups in total. The molecule has 1 spiro atoms. The van der Waals surface area contributed by atoms with Crippen molar-refractivity contribution in [2.75, 3.05) is 26.3 Å². The average Bonchev–Trinajstić information content (AvgIpc) is 2.68. The third-order valence-corrected chi connectivity index (χ3v) is 5.97. The number of amides is 1. The molecule has 4 nitrogen and oxygen atoms in total. The van der Waals surface area contributed by atoms with E-state index in [1.807, 2.05) is 35.2 Å². The topological polar surface area (TPSA) is 32.8 Å². The highest BCUT2D eigenvalue weighted by molar-refractivity contribution is 6.30. The minimum absolute atomic E-state index is 0.0812. The van der Waals surface area contributed by atoms with E-state index in [1.54, 1.807) is 0 Å². The van der Waals surface area contributed by atoms with E-state index in [9.17, 15) is 4.79 Å². The summed E-state index contributed by atoms with van der Waals surface area (Å²) in [4.78, 5) is 17.2. The molecule has 0 aromatic heterocycles. The summed E-state index contributed by atoms with van der Waals surface area (Å²) < 4.78 is 5.68. The first-order valence-electron chi connectivity index (χ1n) is 9.54. The first-order chi connectivity index (χ1) is 13.1. The Morgan fingerprint density at radius 2 is 1.70 bits per heavy atom. The van der Waals surface area contributed by atoms with E-state index in [1.165, 1.54) is 5.56 Å². The van der Waals surface area contributed by atoms with Crippen LogP contribution in [0, 0.1) is 0 Å². The van der Waals surface area contributed by atoms with E-state index >= 15 is 0 Å². The molecule has 2 aliphatic heterocycles. The molecular formula is C22H25ClN2O2. The molecule has 142 valence electrons. The van der Waals surface area contributed by atoms with Crippen LogP contribution in [0.1, 0.15) is 24.0 Å². The second kappa shape index (κ2) is 8.01. The highest BCUT2D eigenvalue weighted by atomic mass is 35.5. The Labute approximate surface area is 165 Å². The first-order valence-corrected chi connectivity index (χ1v) is 9.91. The SMILES string of the molecule is O=C1COCC2(CCN(Cc3ccccc3)CC2)N1Cc1cccc(Cl)c1. The number of hydrogen-bond donors (Lipinski definition) is 0. The van der Waals surface area contributed by atoms with Gasteiger partial charge in [-0.25, -0.2) is 0 Å². The minimum Gasteiger partial charge on any atom is -0.369 e. The zero-order chi connectivity index (χ0) is 18.7. The lowest BCUT2D eigenvalue weighted by Gasteiger charge is -2.51. The molecule has 2 fully saturated rings. The van der Waals surface area contributed by atoms with Gasteiger partial charge < -0.3 is 9.64 Å². The van der Waals surface area contributed by atoms with Crippen molar-refractivity contribution in [1.82, 2.24) is 9.80 Å². The van der Waals surface area contributed by atoms with Crippen LogP contribution in [0.3, 0.4) is 0 Å². The summed E-state index contributed by atoms with van der Waals surface area (Å²) in [5.41, 5.74) is 2.20. The average molecular weight is 385 g/mol. The predicted molar refractivity (Wildman–Crippen MR) is 107 cm³/mol. The number of piperidine rings is 1. The van der Waals surface area contributed by atoms with Gasteiger partial charge in [-0.15, -0.1) is 0 Å². The number of ether oxygens (including phenoxy) is 1. The van der Waals surface area contributed by atoms with Crippen LogP contribution in [0.2, 0.25) is 5.02 Å². The molecule has 27 heavy (non-hydrogen) atoms. The molecule has 0 atom stereocenters. The normalized spacial score (nSPS) is 20.2. The molecule has 5 heteroatoms. The Balaban J connectivity index is 1.46. The van der Waals surface area contributed by atoms with Gasteiger partial charge in [-0.05, 0) is 36.1 Å². The lowest BCUT2D eigenvalue weighted by molar-refractivity contribution is -0.164. The molecule has 0 saturated carbocycles. The number of morpholine rings is 1. The van der Waals surface area contributed by atoms with E-state index in [-0.39, 0.29) is 18.1 Å². The number of hydrogen-bond acceptors (Lipinski definition) is 3. The van der Waals surface area contributed by atoms with Crippen molar-refractivity contribution in [2.24, 2.45) is 0 Å². The fourth-order valence-corrected chi connectivity index (χ4v) is 4.42. The standard InChI is InChI=1S/C22H25ClN2O2/c23-20-8-4-7-19(13-20)15-25-21(26)16-27-17-22(25)9-11-24(12-10-22)14-18-5-2-1-3-6-18/h1-8,13H,9-12,14-17H2. The molecule has 2 aliphatic rings. The molecule has 2 saturated heterocycles. The van der Waals surface area contributed by atoms with Crippen molar-refractivity contribution in [1.29, 1.82) is 0 Å². The van der Waals surface area contributed by atoms with Gasteiger partial charge in [-0.3, -0.25) is 9.69 Å². The van der Waals surface area contributed by atoms with Crippen molar-refractivity contribution in [3.05, 3.63) is 70.7 Å². The van der Waals surface area contributed by atoms with Crippen LogP contribution in [-0.4, -0.2) is 47.5 Å². The van der Waals surface area contributed by atoms with Gasteiger partial charge in [0.25, 0.3) is 0 Å². The van der Waals surface area contributed by atoms with E-state index in [4.69, 9.17) is 16.3 Å². The molecular weight excluding hydrogens is 360 g/mol. The van der Waals surface area contributed by atoms with Gasteiger partial charge in [0, 0.05) is 31.2 Å². The summed E-state index contributed by atoms with van der Waals surface area (Å²) in [5.74, 6) is 0.0812. The number of likely N-dealkylation sites (tertiary alicyclic amines) is 1. The van der Waals surface area contributed by atoms with Crippen LogP contribution in [0.5, 0.6) is 0 Å². The monoisotopic (exact) mass is 384 g/mol. The molecule has 2 aromatic carbocycles. The quantitative estimate of drug-likeness (QED) is 0.805. The van der Waals surface area contributed by atoms with Crippen LogP contribution in [0.4, 0.5) is 0 Å². The summed E-state index contributed by atoms with van der Waals surface area (Å²) in [5, 5.41) is 0.708. The van der Waals surface area contributed by atoms with Crippen molar-refractivity contribution in [3.63, 3.8) is 0 Å². The van der Waals surface area contributed by atoms with Gasteiger partial charge in [-0.2, -0.15) is 0 Å². The molecule has 2 aromatic rings. The van der Waals surface area contributed by atoms with Crippen LogP contribution in [0.15, 0.2) is 54.6 Å². The molecule has 0 bridgehead atoms. The van der Waals surface area contributed by atoms with Crippen LogP contribution < -0.4 is 0 Å². The highest BCUT2D eigenvalue weighted by Crippen LogP contribution is 2.34. The molecule has 4 rings (SSSR count). The van der Waals surface area contributed by atoms with Crippen LogP contribution >= 0.6 is 11.6 Å². The maximum atomic E-state index is 12.7. The van der Waals surface area contributed by atoms with Gasteiger partial charge in [-0.1, -0.05) is 54.1 Å². The predicted octanol–water partition coefficient (Wildman–Crippen LogP) is 3.73. The lowest BCUT2D eigenvalue weighted by Crippen LogP contribution is -2.63. The van der Waals surface area contributed by atoms with E-state index in [0.29, 0.717) is 18.2 Å². The molecule has 1 amide bonds. The molecule has 2 heterocycles. The Hall–Kier alpha value is -1.88. The Kier molecular flexibility index (Phi) is 5.48. The van der Waals surface area contributed by atoms with Crippen molar-refractivity contribution in [2.45, 2.75) is 31.5 Å². The first kappa shape index (κ1) is 18.5. The Morgan fingerprint density at radius 1 is 0.963 bits per heavy atom. The third kappa shape index (κ3) is 4.18. The summed E-state index contributed by atoms with van der Waals surface area (Å²) in [7, 11) is 0. The smallest absolute Gasteiger partial charge is 0.249 e. The van der Waals surface area contributed by atoms with E-state index in [0.717, 1.165) is 38.0 Å². The number of halogens is 1. The van der Waals surface area contributed by atoms with Crippen molar-refractivity contribution in [3.8, 4) is 0 Å². The van der Waals surface area contributed by atoms with Gasteiger partial charge in [0.2, 0.25) is 5.91 Å². The van der Waals surface area contributed by atoms with Gasteiger partial charge in [0.05, 0.1) is 12.1 Å². The number of rotatable bonds is 4. The van der Waals surface area contributed by atoms with Gasteiger partial charge in [0.1, 0.15) is 6.61 Å². The number of carbonyl (C=O) groups is 1. The van der Waals surface area contributed by atoms with Crippen LogP contribution in [-0.2, 0) is 22.6 Å². The summed E-state index contributed by atoms with van der Waals surface area (Å²) >= 11 is 6.14. The number of carbonyl (C=O) groups excluding carboxylic acids is 1. The summed E-state index contributed by atoms with van der Waals surface area (Å²) in [6.45, 7) is 4.30. The van der Waals surface area contributed by atoms with E-state index in [2.05, 4.69) is 29.2 Å². The maximum Gasteiger partial charge on any atom is 0.249 e. The molecule has 0 radical (unpaired) electrons. The minimum atomic E-state index is -0.204. The van der Waals surface area contributed by atoms with Crippen molar-refractivity contribution < 1.29 is 9.53 Å². The second-order valence-electron chi connectivity index (χ2n) is 7.59. The summed E-state index contributed by atoms with van der Waals surface area (Å²) in [6.07, 6.45) is 1.87. The highest BCUT2D eigenvalue weighted by Gasteiger charge is 2.45. The van der Waals surface area contributed by atoms with Gasteiger partial charge in [0.15, 0.2) is 0 Å². The summed E-state index contributed by atoms with van der Waals surface area (Å²) in [6, 6.07) is 18.3. The van der Waals surface area contributed by atoms with Crippen LogP contribution in [0.25, 0.3) is 0 Å². The zero-order valence-corrected chi connectivity index (χ0v) is 16.2. The fraction of sp³-hybridized carbons (Fsp3) is 0.409.